The molecule has 1 atom stereocenters. The SMILES string of the molecule is CC(C)CNc1nc2c(c(=O)[nH]c(=O)n2C)n1C[C@@H](O)COc1ccccc1Cl. The van der Waals surface area contributed by atoms with Gasteiger partial charge in [0.05, 0.1) is 11.6 Å². The number of ether oxygens (including phenoxy) is 1. The van der Waals surface area contributed by atoms with Crippen LogP contribution in [0.15, 0.2) is 33.9 Å². The molecule has 0 amide bonds. The van der Waals surface area contributed by atoms with Crippen molar-refractivity contribution in [1.82, 2.24) is 19.1 Å². The van der Waals surface area contributed by atoms with Crippen molar-refractivity contribution in [2.75, 3.05) is 18.5 Å². The summed E-state index contributed by atoms with van der Waals surface area (Å²) in [5.74, 6) is 1.19. The number of halogens is 1. The van der Waals surface area contributed by atoms with Gasteiger partial charge in [0.15, 0.2) is 11.2 Å². The first-order chi connectivity index (χ1) is 13.8. The van der Waals surface area contributed by atoms with Crippen molar-refractivity contribution in [3.05, 3.63) is 50.1 Å². The van der Waals surface area contributed by atoms with Crippen molar-refractivity contribution < 1.29 is 9.84 Å². The van der Waals surface area contributed by atoms with Crippen LogP contribution < -0.4 is 21.3 Å². The summed E-state index contributed by atoms with van der Waals surface area (Å²) < 4.78 is 8.42. The van der Waals surface area contributed by atoms with Gasteiger partial charge in [-0.3, -0.25) is 14.3 Å². The maximum absolute atomic E-state index is 12.4. The standard InChI is InChI=1S/C19H24ClN5O4/c1-11(2)8-21-18-22-16-15(17(27)23-19(28)24(16)3)25(18)9-12(26)10-29-14-7-5-4-6-13(14)20/h4-7,11-12,26H,8-10H2,1-3H3,(H,21,22)(H,23,27,28)/t12-/m1/s1. The van der Waals surface area contributed by atoms with Crippen molar-refractivity contribution in [3.8, 4) is 5.75 Å². The number of fused-ring (bicyclic) bond motifs is 1. The van der Waals surface area contributed by atoms with Gasteiger partial charge in [0.1, 0.15) is 18.5 Å². The molecule has 0 aliphatic rings. The van der Waals surface area contributed by atoms with Crippen LogP contribution in [-0.4, -0.2) is 43.5 Å². The van der Waals surface area contributed by atoms with E-state index in [1.165, 1.54) is 11.6 Å². The summed E-state index contributed by atoms with van der Waals surface area (Å²) in [5, 5.41) is 14.1. The highest BCUT2D eigenvalue weighted by Crippen LogP contribution is 2.23. The zero-order valence-electron chi connectivity index (χ0n) is 16.5. The quantitative estimate of drug-likeness (QED) is 0.509. The molecule has 0 bridgehead atoms. The van der Waals surface area contributed by atoms with Crippen LogP contribution in [0.2, 0.25) is 5.02 Å². The first-order valence-electron chi connectivity index (χ1n) is 9.26. The predicted molar refractivity (Wildman–Crippen MR) is 112 cm³/mol. The molecule has 0 saturated heterocycles. The second kappa shape index (κ2) is 8.71. The van der Waals surface area contributed by atoms with Gasteiger partial charge >= 0.3 is 5.69 Å². The van der Waals surface area contributed by atoms with E-state index >= 15 is 0 Å². The molecule has 0 aliphatic heterocycles. The minimum Gasteiger partial charge on any atom is -0.489 e. The summed E-state index contributed by atoms with van der Waals surface area (Å²) in [6, 6.07) is 6.97. The van der Waals surface area contributed by atoms with Crippen molar-refractivity contribution in [1.29, 1.82) is 0 Å². The van der Waals surface area contributed by atoms with E-state index < -0.39 is 17.4 Å². The maximum atomic E-state index is 12.4. The van der Waals surface area contributed by atoms with Crippen LogP contribution in [0.5, 0.6) is 5.75 Å². The Hall–Kier alpha value is -2.78. The summed E-state index contributed by atoms with van der Waals surface area (Å²) >= 11 is 6.07. The van der Waals surface area contributed by atoms with Gasteiger partial charge in [0.25, 0.3) is 5.56 Å². The normalized spacial score (nSPS) is 12.5. The number of nitrogens with zero attached hydrogens (tertiary/aromatic N) is 3. The average molecular weight is 422 g/mol. The smallest absolute Gasteiger partial charge is 0.329 e. The Morgan fingerprint density at radius 3 is 2.72 bits per heavy atom. The molecule has 0 spiro atoms. The predicted octanol–water partition coefficient (Wildman–Crippen LogP) is 1.58. The highest BCUT2D eigenvalue weighted by atomic mass is 35.5. The summed E-state index contributed by atoms with van der Waals surface area (Å²) in [7, 11) is 1.53. The summed E-state index contributed by atoms with van der Waals surface area (Å²) in [6.45, 7) is 4.70. The van der Waals surface area contributed by atoms with Crippen molar-refractivity contribution in [2.24, 2.45) is 13.0 Å². The van der Waals surface area contributed by atoms with Gasteiger partial charge in [-0.25, -0.2) is 4.79 Å². The highest BCUT2D eigenvalue weighted by molar-refractivity contribution is 6.32. The molecule has 3 N–H and O–H groups in total. The molecule has 0 fully saturated rings. The molecular weight excluding hydrogens is 398 g/mol. The molecule has 3 rings (SSSR count). The summed E-state index contributed by atoms with van der Waals surface area (Å²) in [5.41, 5.74) is -0.669. The molecule has 9 nitrogen and oxygen atoms in total. The lowest BCUT2D eigenvalue weighted by Gasteiger charge is -2.16. The van der Waals surface area contributed by atoms with E-state index in [1.807, 2.05) is 13.8 Å². The van der Waals surface area contributed by atoms with Gasteiger partial charge in [-0.1, -0.05) is 37.6 Å². The van der Waals surface area contributed by atoms with Crippen molar-refractivity contribution in [3.63, 3.8) is 0 Å². The van der Waals surface area contributed by atoms with Crippen molar-refractivity contribution >= 4 is 28.7 Å². The van der Waals surface area contributed by atoms with Crippen LogP contribution in [0, 0.1) is 5.92 Å². The third kappa shape index (κ3) is 4.63. The number of hydrogen-bond acceptors (Lipinski definition) is 6. The Morgan fingerprint density at radius 1 is 1.31 bits per heavy atom. The van der Waals surface area contributed by atoms with E-state index in [1.54, 1.807) is 28.8 Å². The minimum atomic E-state index is -0.945. The largest absolute Gasteiger partial charge is 0.489 e. The topological polar surface area (TPSA) is 114 Å². The van der Waals surface area contributed by atoms with Crippen LogP contribution in [0.3, 0.4) is 0 Å². The first-order valence-corrected chi connectivity index (χ1v) is 9.64. The number of aryl methyl sites for hydroxylation is 1. The number of aliphatic hydroxyl groups excluding tert-OH is 1. The number of aromatic nitrogens is 4. The average Bonchev–Trinajstić information content (AvgIpc) is 3.03. The van der Waals surface area contributed by atoms with Gasteiger partial charge in [-0.05, 0) is 18.1 Å². The Balaban J connectivity index is 1.90. The van der Waals surface area contributed by atoms with Crippen LogP contribution in [-0.2, 0) is 13.6 Å². The van der Waals surface area contributed by atoms with Crippen molar-refractivity contribution in [2.45, 2.75) is 26.5 Å². The molecule has 156 valence electrons. The van der Waals surface area contributed by atoms with Gasteiger partial charge < -0.3 is 19.7 Å². The number of hydrogen-bond donors (Lipinski definition) is 3. The minimum absolute atomic E-state index is 0.0311. The fourth-order valence-electron chi connectivity index (χ4n) is 2.85. The third-order valence-electron chi connectivity index (χ3n) is 4.34. The molecule has 0 aliphatic carbocycles. The number of H-pyrrole nitrogens is 1. The van der Waals surface area contributed by atoms with Crippen LogP contribution in [0.25, 0.3) is 11.2 Å². The molecule has 1 aromatic carbocycles. The zero-order valence-corrected chi connectivity index (χ0v) is 17.2. The third-order valence-corrected chi connectivity index (χ3v) is 4.65. The van der Waals surface area contributed by atoms with Crippen LogP contribution in [0.4, 0.5) is 5.95 Å². The lowest BCUT2D eigenvalue weighted by molar-refractivity contribution is 0.0939. The summed E-state index contributed by atoms with van der Waals surface area (Å²) in [4.78, 5) is 31.0. The molecule has 29 heavy (non-hydrogen) atoms. The lowest BCUT2D eigenvalue weighted by Crippen LogP contribution is -2.31. The van der Waals surface area contributed by atoms with Gasteiger partial charge in [0.2, 0.25) is 5.95 Å². The number of para-hydroxylation sites is 1. The Kier molecular flexibility index (Phi) is 6.29. The molecule has 2 heterocycles. The van der Waals surface area contributed by atoms with Gasteiger partial charge in [0, 0.05) is 13.6 Å². The number of aliphatic hydroxyl groups is 1. The first kappa shape index (κ1) is 20.9. The number of imidazole rings is 1. The number of aromatic amines is 1. The van der Waals surface area contributed by atoms with Gasteiger partial charge in [-0.15, -0.1) is 0 Å². The molecule has 0 radical (unpaired) electrons. The summed E-state index contributed by atoms with van der Waals surface area (Å²) in [6.07, 6.45) is -0.945. The zero-order chi connectivity index (χ0) is 21.1. The van der Waals surface area contributed by atoms with E-state index in [9.17, 15) is 14.7 Å². The molecule has 2 aromatic heterocycles. The highest BCUT2D eigenvalue weighted by Gasteiger charge is 2.20. The lowest BCUT2D eigenvalue weighted by atomic mass is 10.2. The van der Waals surface area contributed by atoms with E-state index in [0.717, 1.165) is 0 Å². The Morgan fingerprint density at radius 2 is 2.03 bits per heavy atom. The number of benzene rings is 1. The molecule has 3 aromatic rings. The Labute approximate surface area is 171 Å². The number of rotatable bonds is 8. The monoisotopic (exact) mass is 421 g/mol. The molecule has 0 saturated carbocycles. The van der Waals surface area contributed by atoms with E-state index in [-0.39, 0.29) is 24.3 Å². The fraction of sp³-hybridized carbons (Fsp3) is 0.421. The molecule has 10 heteroatoms. The van der Waals surface area contributed by atoms with E-state index in [4.69, 9.17) is 16.3 Å². The second-order valence-corrected chi connectivity index (χ2v) is 7.61. The van der Waals surface area contributed by atoms with E-state index in [2.05, 4.69) is 15.3 Å². The van der Waals surface area contributed by atoms with E-state index in [0.29, 0.717) is 29.2 Å². The van der Waals surface area contributed by atoms with Crippen LogP contribution >= 0.6 is 11.6 Å². The fourth-order valence-corrected chi connectivity index (χ4v) is 3.04. The number of nitrogens with one attached hydrogen (secondary N) is 2. The molecular formula is C19H24ClN5O4. The number of anilines is 1. The molecule has 0 unspecified atom stereocenters. The Bertz CT molecular complexity index is 1120. The van der Waals surface area contributed by atoms with Gasteiger partial charge in [-0.2, -0.15) is 4.98 Å². The second-order valence-electron chi connectivity index (χ2n) is 7.21. The maximum Gasteiger partial charge on any atom is 0.329 e. The van der Waals surface area contributed by atoms with Crippen LogP contribution in [0.1, 0.15) is 13.8 Å².